The van der Waals surface area contributed by atoms with Gasteiger partial charge in [-0.15, -0.1) is 0 Å². The Morgan fingerprint density at radius 3 is 2.55 bits per heavy atom. The monoisotopic (exact) mass is 283 g/mol. The van der Waals surface area contributed by atoms with Crippen molar-refractivity contribution in [2.24, 2.45) is 0 Å². The van der Waals surface area contributed by atoms with Gasteiger partial charge in [-0.2, -0.15) is 0 Å². The minimum atomic E-state index is -1.03. The zero-order valence-corrected chi connectivity index (χ0v) is 13.4. The molecule has 0 saturated heterocycles. The molecule has 0 heterocycles. The predicted octanol–water partition coefficient (Wildman–Crippen LogP) is 3.01. The summed E-state index contributed by atoms with van der Waals surface area (Å²) in [6.07, 6.45) is 16.3. The molecule has 2 aliphatic carbocycles. The first-order valence-electron chi connectivity index (χ1n) is 8.07. The second kappa shape index (κ2) is 7.05. The molecule has 1 aromatic carbocycles. The molecule has 20 heavy (non-hydrogen) atoms. The Morgan fingerprint density at radius 1 is 1.05 bits per heavy atom. The normalized spacial score (nSPS) is 20.9. The van der Waals surface area contributed by atoms with Crippen LogP contribution in [0.4, 0.5) is 0 Å². The highest BCUT2D eigenvalue weighted by Gasteiger charge is 2.21. The van der Waals surface area contributed by atoms with Crippen molar-refractivity contribution in [1.82, 2.24) is 5.32 Å². The molecule has 2 heteroatoms. The molecule has 1 nitrogen and oxygen atoms in total. The summed E-state index contributed by atoms with van der Waals surface area (Å²) >= 11 is 0. The topological polar surface area (TPSA) is 12.0 Å². The Bertz CT molecular complexity index is 471. The molecule has 1 atom stereocenters. The fourth-order valence-corrected chi connectivity index (χ4v) is 6.41. The van der Waals surface area contributed by atoms with E-state index in [-0.39, 0.29) is 0 Å². The lowest BCUT2D eigenvalue weighted by molar-refractivity contribution is 0.389. The van der Waals surface area contributed by atoms with Crippen LogP contribution in [0, 0.1) is 0 Å². The molecule has 1 N–H and O–H groups in total. The zero-order valence-electron chi connectivity index (χ0n) is 12.2. The van der Waals surface area contributed by atoms with E-state index in [0.717, 1.165) is 6.04 Å². The highest BCUT2D eigenvalue weighted by molar-refractivity contribution is 6.80. The summed E-state index contributed by atoms with van der Waals surface area (Å²) in [4.78, 5) is 0. The average Bonchev–Trinajstić information content (AvgIpc) is 3.04. The van der Waals surface area contributed by atoms with E-state index in [1.54, 1.807) is 10.4 Å². The minimum Gasteiger partial charge on any atom is -0.316 e. The van der Waals surface area contributed by atoms with Gasteiger partial charge in [-0.25, -0.2) is 0 Å². The summed E-state index contributed by atoms with van der Waals surface area (Å²) in [6.45, 7) is 0. The van der Waals surface area contributed by atoms with Crippen molar-refractivity contribution in [1.29, 1.82) is 0 Å². The van der Waals surface area contributed by atoms with Crippen LogP contribution in [0.3, 0.4) is 0 Å². The molecule has 2 aliphatic rings. The van der Waals surface area contributed by atoms with Crippen molar-refractivity contribution >= 4 is 14.0 Å². The minimum absolute atomic E-state index is 0.775. The fraction of sp³-hybridized carbons (Fsp3) is 0.444. The van der Waals surface area contributed by atoms with Crippen LogP contribution < -0.4 is 10.5 Å². The maximum absolute atomic E-state index is 3.89. The van der Waals surface area contributed by atoms with Crippen LogP contribution in [0.25, 0.3) is 0 Å². The summed E-state index contributed by atoms with van der Waals surface area (Å²) in [5.41, 5.74) is 0. The van der Waals surface area contributed by atoms with Gasteiger partial charge in [-0.3, -0.25) is 0 Å². The average molecular weight is 283 g/mol. The first kappa shape index (κ1) is 13.8. The maximum Gasteiger partial charge on any atom is 0.112 e. The van der Waals surface area contributed by atoms with E-state index in [2.05, 4.69) is 53.9 Å². The van der Waals surface area contributed by atoms with Crippen LogP contribution in [0.15, 0.2) is 53.8 Å². The maximum atomic E-state index is 3.89. The number of allylic oxidation sites excluding steroid dienone is 4. The summed E-state index contributed by atoms with van der Waals surface area (Å²) < 4.78 is 0. The van der Waals surface area contributed by atoms with Gasteiger partial charge in [0.15, 0.2) is 0 Å². The molecular weight excluding hydrogens is 258 g/mol. The van der Waals surface area contributed by atoms with Crippen molar-refractivity contribution in [2.45, 2.75) is 44.6 Å². The Kier molecular flexibility index (Phi) is 4.88. The molecule has 1 saturated carbocycles. The second-order valence-electron chi connectivity index (χ2n) is 6.08. The van der Waals surface area contributed by atoms with Crippen molar-refractivity contribution < 1.29 is 0 Å². The van der Waals surface area contributed by atoms with Crippen LogP contribution in [-0.2, 0) is 0 Å². The number of nitrogens with one attached hydrogen (secondary N) is 1. The van der Waals surface area contributed by atoms with Gasteiger partial charge < -0.3 is 5.32 Å². The Labute approximate surface area is 124 Å². The Balaban J connectivity index is 1.66. The molecule has 0 radical (unpaired) electrons. The third-order valence-electron chi connectivity index (χ3n) is 4.67. The van der Waals surface area contributed by atoms with Gasteiger partial charge in [0.05, 0.1) is 0 Å². The van der Waals surface area contributed by atoms with Crippen molar-refractivity contribution in [3.63, 3.8) is 0 Å². The van der Waals surface area contributed by atoms with E-state index >= 15 is 0 Å². The molecule has 1 fully saturated rings. The van der Waals surface area contributed by atoms with E-state index in [1.165, 1.54) is 44.7 Å². The molecule has 0 spiro atoms. The highest BCUT2D eigenvalue weighted by Crippen LogP contribution is 2.18. The van der Waals surface area contributed by atoms with E-state index in [1.807, 2.05) is 0 Å². The van der Waals surface area contributed by atoms with Crippen LogP contribution in [0.5, 0.6) is 0 Å². The van der Waals surface area contributed by atoms with Gasteiger partial charge in [0.25, 0.3) is 0 Å². The van der Waals surface area contributed by atoms with E-state index in [4.69, 9.17) is 0 Å². The van der Waals surface area contributed by atoms with E-state index in [0.29, 0.717) is 0 Å². The Morgan fingerprint density at radius 2 is 1.85 bits per heavy atom. The van der Waals surface area contributed by atoms with Gasteiger partial charge in [0.1, 0.15) is 8.80 Å². The SMILES string of the molecule is C1=CCC([SiH](CNC2CCCCC2)c2ccccc2)=C1. The first-order valence-corrected chi connectivity index (χ1v) is 10.0. The lowest BCUT2D eigenvalue weighted by atomic mass is 9.96. The molecule has 0 bridgehead atoms. The number of hydrogen-bond acceptors (Lipinski definition) is 1. The lowest BCUT2D eigenvalue weighted by Crippen LogP contribution is -2.46. The van der Waals surface area contributed by atoms with Gasteiger partial charge >= 0.3 is 0 Å². The fourth-order valence-electron chi connectivity index (χ4n) is 3.46. The van der Waals surface area contributed by atoms with E-state index in [9.17, 15) is 0 Å². The van der Waals surface area contributed by atoms with Crippen LogP contribution in [0.2, 0.25) is 0 Å². The lowest BCUT2D eigenvalue weighted by Gasteiger charge is -2.26. The summed E-state index contributed by atoms with van der Waals surface area (Å²) in [6, 6.07) is 12.0. The van der Waals surface area contributed by atoms with Crippen molar-refractivity contribution in [3.8, 4) is 0 Å². The molecule has 1 unspecified atom stereocenters. The summed E-state index contributed by atoms with van der Waals surface area (Å²) in [5, 5.41) is 7.17. The third-order valence-corrected chi connectivity index (χ3v) is 7.82. The van der Waals surface area contributed by atoms with E-state index < -0.39 is 8.80 Å². The van der Waals surface area contributed by atoms with Crippen molar-refractivity contribution in [2.75, 3.05) is 6.17 Å². The molecule has 3 rings (SSSR count). The van der Waals surface area contributed by atoms with Crippen LogP contribution in [0.1, 0.15) is 38.5 Å². The zero-order chi connectivity index (χ0) is 13.6. The molecule has 0 aliphatic heterocycles. The van der Waals surface area contributed by atoms with Crippen molar-refractivity contribution in [3.05, 3.63) is 53.8 Å². The number of hydrogen-bond donors (Lipinski definition) is 1. The number of rotatable bonds is 5. The second-order valence-corrected chi connectivity index (χ2v) is 9.00. The predicted molar refractivity (Wildman–Crippen MR) is 89.9 cm³/mol. The number of benzene rings is 1. The van der Waals surface area contributed by atoms with Gasteiger partial charge in [0.2, 0.25) is 0 Å². The summed E-state index contributed by atoms with van der Waals surface area (Å²) in [7, 11) is -1.03. The van der Waals surface area contributed by atoms with Crippen LogP contribution in [-0.4, -0.2) is 21.0 Å². The van der Waals surface area contributed by atoms with Gasteiger partial charge in [-0.1, -0.05) is 78.2 Å². The quantitative estimate of drug-likeness (QED) is 0.819. The Hall–Kier alpha value is -1.12. The molecule has 106 valence electrons. The first-order chi connectivity index (χ1) is 9.93. The highest BCUT2D eigenvalue weighted by atomic mass is 28.3. The van der Waals surface area contributed by atoms with Gasteiger partial charge in [0, 0.05) is 6.04 Å². The largest absolute Gasteiger partial charge is 0.316 e. The van der Waals surface area contributed by atoms with Gasteiger partial charge in [-0.05, 0) is 25.4 Å². The smallest absolute Gasteiger partial charge is 0.112 e. The standard InChI is InChI=1S/C18H25NSi/c1-3-9-16(10-4-1)19-15-20(18-13-7-8-14-18)17-11-5-2-6-12-17/h2,5-8,11-13,16,19-20H,1,3-4,9-10,14-15H2. The summed E-state index contributed by atoms with van der Waals surface area (Å²) in [5.74, 6) is 0. The molecule has 1 aromatic rings. The molecular formula is C18H25NSi. The molecule has 0 aromatic heterocycles. The third kappa shape index (κ3) is 3.50. The van der Waals surface area contributed by atoms with Crippen LogP contribution >= 0.6 is 0 Å². The molecule has 0 amide bonds.